The zero-order valence-corrected chi connectivity index (χ0v) is 17.7. The first kappa shape index (κ1) is 23.8. The third kappa shape index (κ3) is 5.30. The number of amides is 2. The van der Waals surface area contributed by atoms with Gasteiger partial charge in [0.1, 0.15) is 23.8 Å². The molecule has 0 saturated heterocycles. The highest BCUT2D eigenvalue weighted by Gasteiger charge is 2.41. The van der Waals surface area contributed by atoms with E-state index in [0.29, 0.717) is 16.1 Å². The molecular formula is C22H20F4N4O3. The van der Waals surface area contributed by atoms with Crippen LogP contribution in [0.2, 0.25) is 0 Å². The SMILES string of the molecule is CCN(CC(=O)Nc1cccc(OC)c1)C(=O)c1cnn(-c2ccccc2F)c1C(F)(F)F. The van der Waals surface area contributed by atoms with E-state index in [1.165, 1.54) is 26.2 Å². The molecule has 1 N–H and O–H groups in total. The van der Waals surface area contributed by atoms with Crippen molar-refractivity contribution in [2.75, 3.05) is 25.5 Å². The van der Waals surface area contributed by atoms with Gasteiger partial charge in [-0.15, -0.1) is 0 Å². The number of hydrogen-bond donors (Lipinski definition) is 1. The first-order valence-corrected chi connectivity index (χ1v) is 9.79. The largest absolute Gasteiger partial charge is 0.497 e. The molecule has 33 heavy (non-hydrogen) atoms. The highest BCUT2D eigenvalue weighted by Crippen LogP contribution is 2.34. The highest BCUT2D eigenvalue weighted by atomic mass is 19.4. The van der Waals surface area contributed by atoms with E-state index < -0.39 is 47.3 Å². The molecular weight excluding hydrogens is 444 g/mol. The van der Waals surface area contributed by atoms with Crippen molar-refractivity contribution in [3.8, 4) is 11.4 Å². The van der Waals surface area contributed by atoms with E-state index in [1.807, 2.05) is 0 Å². The van der Waals surface area contributed by atoms with E-state index in [4.69, 9.17) is 4.74 Å². The molecule has 7 nitrogen and oxygen atoms in total. The van der Waals surface area contributed by atoms with E-state index >= 15 is 0 Å². The van der Waals surface area contributed by atoms with Crippen LogP contribution in [0.15, 0.2) is 54.7 Å². The van der Waals surface area contributed by atoms with Crippen molar-refractivity contribution in [2.45, 2.75) is 13.1 Å². The minimum absolute atomic E-state index is 0.0491. The molecule has 1 heterocycles. The summed E-state index contributed by atoms with van der Waals surface area (Å²) < 4.78 is 61.1. The molecule has 0 aliphatic rings. The van der Waals surface area contributed by atoms with Gasteiger partial charge in [0.25, 0.3) is 5.91 Å². The Hall–Kier alpha value is -3.89. The number of methoxy groups -OCH3 is 1. The van der Waals surface area contributed by atoms with E-state index in [0.717, 1.165) is 23.2 Å². The number of benzene rings is 2. The van der Waals surface area contributed by atoms with Crippen molar-refractivity contribution >= 4 is 17.5 Å². The molecule has 3 rings (SSSR count). The first-order chi connectivity index (χ1) is 15.7. The van der Waals surface area contributed by atoms with Crippen LogP contribution in [0, 0.1) is 5.82 Å². The Labute approximate surface area is 186 Å². The predicted octanol–water partition coefficient (Wildman–Crippen LogP) is 4.14. The molecule has 2 aromatic carbocycles. The molecule has 0 bridgehead atoms. The molecule has 11 heteroatoms. The molecule has 0 saturated carbocycles. The lowest BCUT2D eigenvalue weighted by Gasteiger charge is -2.21. The van der Waals surface area contributed by atoms with Gasteiger partial charge < -0.3 is 15.0 Å². The molecule has 174 valence electrons. The lowest BCUT2D eigenvalue weighted by Crippen LogP contribution is -2.38. The van der Waals surface area contributed by atoms with E-state index in [1.54, 1.807) is 24.3 Å². The van der Waals surface area contributed by atoms with Crippen molar-refractivity contribution in [1.29, 1.82) is 0 Å². The Kier molecular flexibility index (Phi) is 7.00. The molecule has 0 unspecified atom stereocenters. The van der Waals surface area contributed by atoms with Crippen molar-refractivity contribution in [3.63, 3.8) is 0 Å². The average Bonchev–Trinajstić information content (AvgIpc) is 3.23. The molecule has 2 amide bonds. The number of rotatable bonds is 7. The number of ether oxygens (including phenoxy) is 1. The highest BCUT2D eigenvalue weighted by molar-refractivity contribution is 6.00. The third-order valence-corrected chi connectivity index (χ3v) is 4.71. The lowest BCUT2D eigenvalue weighted by atomic mass is 10.2. The van der Waals surface area contributed by atoms with Gasteiger partial charge in [-0.25, -0.2) is 9.07 Å². The Morgan fingerprint density at radius 2 is 1.88 bits per heavy atom. The van der Waals surface area contributed by atoms with Gasteiger partial charge >= 0.3 is 6.18 Å². The number of anilines is 1. The zero-order chi connectivity index (χ0) is 24.2. The van der Waals surface area contributed by atoms with Crippen LogP contribution in [0.1, 0.15) is 23.0 Å². The number of carbonyl (C=O) groups excluding carboxylic acids is 2. The topological polar surface area (TPSA) is 76.5 Å². The number of nitrogens with one attached hydrogen (secondary N) is 1. The summed E-state index contributed by atoms with van der Waals surface area (Å²) >= 11 is 0. The summed E-state index contributed by atoms with van der Waals surface area (Å²) in [5, 5.41) is 6.18. The van der Waals surface area contributed by atoms with E-state index in [2.05, 4.69) is 10.4 Å². The molecule has 3 aromatic rings. The maximum Gasteiger partial charge on any atom is 0.434 e. The van der Waals surface area contributed by atoms with E-state index in [9.17, 15) is 27.2 Å². The number of likely N-dealkylation sites (N-methyl/N-ethyl adjacent to an activating group) is 1. The number of alkyl halides is 3. The van der Waals surface area contributed by atoms with Crippen LogP contribution in [0.25, 0.3) is 5.69 Å². The van der Waals surface area contributed by atoms with Gasteiger partial charge in [-0.3, -0.25) is 9.59 Å². The first-order valence-electron chi connectivity index (χ1n) is 9.79. The summed E-state index contributed by atoms with van der Waals surface area (Å²) in [6.07, 6.45) is -4.29. The van der Waals surface area contributed by atoms with Gasteiger partial charge in [0.15, 0.2) is 5.69 Å². The Balaban J connectivity index is 1.88. The third-order valence-electron chi connectivity index (χ3n) is 4.71. The maximum absolute atomic E-state index is 14.1. The summed E-state index contributed by atoms with van der Waals surface area (Å²) in [5.74, 6) is -2.12. The van der Waals surface area contributed by atoms with Crippen molar-refractivity contribution < 1.29 is 31.9 Å². The summed E-state index contributed by atoms with van der Waals surface area (Å²) in [6, 6.07) is 11.2. The number of nitrogens with zero attached hydrogens (tertiary/aromatic N) is 3. The summed E-state index contributed by atoms with van der Waals surface area (Å²) in [6.45, 7) is 0.965. The van der Waals surface area contributed by atoms with Gasteiger partial charge in [0.2, 0.25) is 5.91 Å². The molecule has 0 radical (unpaired) electrons. The molecule has 0 spiro atoms. The van der Waals surface area contributed by atoms with Gasteiger partial charge in [-0.1, -0.05) is 18.2 Å². The van der Waals surface area contributed by atoms with Crippen LogP contribution < -0.4 is 10.1 Å². The van der Waals surface area contributed by atoms with Gasteiger partial charge in [-0.2, -0.15) is 18.3 Å². The summed E-state index contributed by atoms with van der Waals surface area (Å²) in [7, 11) is 1.46. The van der Waals surface area contributed by atoms with Crippen LogP contribution in [0.5, 0.6) is 5.75 Å². The predicted molar refractivity (Wildman–Crippen MR) is 112 cm³/mol. The van der Waals surface area contributed by atoms with Crippen LogP contribution >= 0.6 is 0 Å². The Bertz CT molecular complexity index is 1160. The van der Waals surface area contributed by atoms with Crippen molar-refractivity contribution in [2.24, 2.45) is 0 Å². The second-order valence-corrected chi connectivity index (χ2v) is 6.87. The number of aromatic nitrogens is 2. The molecule has 0 atom stereocenters. The molecule has 0 aliphatic heterocycles. The number of hydrogen-bond acceptors (Lipinski definition) is 4. The van der Waals surface area contributed by atoms with Crippen LogP contribution in [0.4, 0.5) is 23.2 Å². The smallest absolute Gasteiger partial charge is 0.434 e. The normalized spacial score (nSPS) is 11.2. The lowest BCUT2D eigenvalue weighted by molar-refractivity contribution is -0.143. The fourth-order valence-corrected chi connectivity index (χ4v) is 3.16. The fraction of sp³-hybridized carbons (Fsp3) is 0.227. The second kappa shape index (κ2) is 9.72. The van der Waals surface area contributed by atoms with E-state index in [-0.39, 0.29) is 6.54 Å². The molecule has 0 fully saturated rings. The Morgan fingerprint density at radius 1 is 1.15 bits per heavy atom. The molecule has 0 aliphatic carbocycles. The summed E-state index contributed by atoms with van der Waals surface area (Å²) in [4.78, 5) is 26.3. The van der Waals surface area contributed by atoms with Crippen molar-refractivity contribution in [1.82, 2.24) is 14.7 Å². The number of halogens is 4. The minimum Gasteiger partial charge on any atom is -0.497 e. The maximum atomic E-state index is 14.1. The fourth-order valence-electron chi connectivity index (χ4n) is 3.16. The average molecular weight is 464 g/mol. The zero-order valence-electron chi connectivity index (χ0n) is 17.7. The number of carbonyl (C=O) groups is 2. The quantitative estimate of drug-likeness (QED) is 0.534. The summed E-state index contributed by atoms with van der Waals surface area (Å²) in [5.41, 5.74) is -2.28. The molecule has 1 aromatic heterocycles. The monoisotopic (exact) mass is 464 g/mol. The van der Waals surface area contributed by atoms with Gasteiger partial charge in [-0.05, 0) is 31.2 Å². The minimum atomic E-state index is -5.01. The van der Waals surface area contributed by atoms with Crippen LogP contribution in [-0.4, -0.2) is 46.7 Å². The Morgan fingerprint density at radius 3 is 2.52 bits per heavy atom. The number of para-hydroxylation sites is 1. The van der Waals surface area contributed by atoms with Crippen LogP contribution in [0.3, 0.4) is 0 Å². The standard InChI is InChI=1S/C22H20F4N4O3/c1-3-29(13-19(31)28-14-7-6-8-15(11-14)33-2)21(32)16-12-27-30(20(16)22(24,25)26)18-10-5-4-9-17(18)23/h4-12H,3,13H2,1-2H3,(H,28,31). The van der Waals surface area contributed by atoms with Crippen molar-refractivity contribution in [3.05, 3.63) is 71.8 Å². The van der Waals surface area contributed by atoms with Gasteiger partial charge in [0, 0.05) is 18.3 Å². The van der Waals surface area contributed by atoms with Gasteiger partial charge in [0.05, 0.1) is 18.9 Å². The second-order valence-electron chi connectivity index (χ2n) is 6.87. The van der Waals surface area contributed by atoms with Crippen LogP contribution in [-0.2, 0) is 11.0 Å².